The Labute approximate surface area is 169 Å². The lowest BCUT2D eigenvalue weighted by atomic mass is 10.0. The van der Waals surface area contributed by atoms with Crippen molar-refractivity contribution in [2.75, 3.05) is 0 Å². The van der Waals surface area contributed by atoms with Crippen LogP contribution in [-0.2, 0) is 4.74 Å². The van der Waals surface area contributed by atoms with Gasteiger partial charge in [0.05, 0.1) is 23.6 Å². The summed E-state index contributed by atoms with van der Waals surface area (Å²) in [5.41, 5.74) is 9.55. The van der Waals surface area contributed by atoms with E-state index in [9.17, 15) is 0 Å². The van der Waals surface area contributed by atoms with E-state index in [4.69, 9.17) is 14.7 Å². The molecule has 3 heteroatoms. The Morgan fingerprint density at radius 2 is 1.04 bits per heavy atom. The van der Waals surface area contributed by atoms with E-state index in [1.165, 1.54) is 33.4 Å². The van der Waals surface area contributed by atoms with Gasteiger partial charge < -0.3 is 4.74 Å². The third-order valence-electron chi connectivity index (χ3n) is 5.34. The highest BCUT2D eigenvalue weighted by atomic mass is 16.5. The fourth-order valence-corrected chi connectivity index (χ4v) is 4.17. The topological polar surface area (TPSA) is 34.0 Å². The van der Waals surface area contributed by atoms with E-state index in [0.29, 0.717) is 0 Å². The van der Waals surface area contributed by atoms with Gasteiger partial charge in [-0.2, -0.15) is 0 Å². The molecule has 3 rings (SSSR count). The van der Waals surface area contributed by atoms with E-state index in [2.05, 4.69) is 65.8 Å². The minimum absolute atomic E-state index is 0.0468. The molecule has 0 amide bonds. The van der Waals surface area contributed by atoms with Crippen LogP contribution in [0.3, 0.4) is 0 Å². The summed E-state index contributed by atoms with van der Waals surface area (Å²) < 4.78 is 6.24. The highest BCUT2D eigenvalue weighted by Crippen LogP contribution is 2.27. The van der Waals surface area contributed by atoms with Crippen molar-refractivity contribution in [2.45, 2.75) is 73.0 Å². The number of hydrogen-bond acceptors (Lipinski definition) is 3. The van der Waals surface area contributed by atoms with Crippen molar-refractivity contribution in [3.8, 4) is 0 Å². The molecular formula is C25H32N2O. The second-order valence-electron chi connectivity index (χ2n) is 8.19. The lowest BCUT2D eigenvalue weighted by Gasteiger charge is -2.25. The monoisotopic (exact) mass is 376 g/mol. The number of hydrogen-bond donors (Lipinski definition) is 0. The first-order valence-corrected chi connectivity index (χ1v) is 10.2. The van der Waals surface area contributed by atoms with Crippen LogP contribution in [0.25, 0.3) is 0 Å². The molecule has 0 radical (unpaired) electrons. The number of ether oxygens (including phenoxy) is 1. The minimum atomic E-state index is 0.0468. The molecule has 0 bridgehead atoms. The first-order chi connectivity index (χ1) is 13.3. The van der Waals surface area contributed by atoms with Crippen LogP contribution in [0.2, 0.25) is 0 Å². The molecule has 2 aromatic carbocycles. The molecule has 2 aromatic rings. The second-order valence-corrected chi connectivity index (χ2v) is 8.19. The summed E-state index contributed by atoms with van der Waals surface area (Å²) in [6.45, 7) is 12.7. The van der Waals surface area contributed by atoms with Crippen LogP contribution in [0.15, 0.2) is 34.3 Å². The molecule has 148 valence electrons. The second kappa shape index (κ2) is 8.83. The Kier molecular flexibility index (Phi) is 6.46. The summed E-state index contributed by atoms with van der Waals surface area (Å²) in [6.07, 6.45) is 7.21. The van der Waals surface area contributed by atoms with Gasteiger partial charge in [0.25, 0.3) is 0 Å². The van der Waals surface area contributed by atoms with Gasteiger partial charge in [-0.1, -0.05) is 35.4 Å². The highest BCUT2D eigenvalue weighted by Gasteiger charge is 2.20. The summed E-state index contributed by atoms with van der Waals surface area (Å²) in [4.78, 5) is 9.53. The number of benzene rings is 2. The van der Waals surface area contributed by atoms with Crippen molar-refractivity contribution in [2.24, 2.45) is 9.98 Å². The minimum Gasteiger partial charge on any atom is -0.364 e. The molecule has 1 aliphatic rings. The Morgan fingerprint density at radius 1 is 0.679 bits per heavy atom. The molecule has 1 aliphatic heterocycles. The average molecular weight is 377 g/mol. The van der Waals surface area contributed by atoms with Crippen molar-refractivity contribution in [3.63, 3.8) is 0 Å². The largest absolute Gasteiger partial charge is 0.364 e. The first kappa shape index (κ1) is 20.5. The first-order valence-electron chi connectivity index (χ1n) is 10.2. The maximum atomic E-state index is 6.24. The van der Waals surface area contributed by atoms with Gasteiger partial charge >= 0.3 is 0 Å². The van der Waals surface area contributed by atoms with Gasteiger partial charge in [0.1, 0.15) is 0 Å². The molecule has 0 N–H and O–H groups in total. The Morgan fingerprint density at radius 3 is 1.39 bits per heavy atom. The third-order valence-corrected chi connectivity index (χ3v) is 5.34. The van der Waals surface area contributed by atoms with Crippen LogP contribution in [0.4, 0.5) is 11.4 Å². The molecule has 1 saturated heterocycles. The maximum absolute atomic E-state index is 6.24. The highest BCUT2D eigenvalue weighted by molar-refractivity contribution is 5.73. The van der Waals surface area contributed by atoms with Crippen LogP contribution in [0.1, 0.15) is 52.6 Å². The van der Waals surface area contributed by atoms with Gasteiger partial charge in [0, 0.05) is 12.4 Å². The molecule has 28 heavy (non-hydrogen) atoms. The van der Waals surface area contributed by atoms with E-state index in [1.807, 2.05) is 12.4 Å². The third kappa shape index (κ3) is 4.96. The van der Waals surface area contributed by atoms with Gasteiger partial charge in [-0.3, -0.25) is 9.98 Å². The average Bonchev–Trinajstić information content (AvgIpc) is 2.60. The van der Waals surface area contributed by atoms with Crippen LogP contribution in [0.5, 0.6) is 0 Å². The molecule has 3 nitrogen and oxygen atoms in total. The summed E-state index contributed by atoms with van der Waals surface area (Å²) in [5, 5.41) is 0. The normalized spacial score (nSPS) is 20.4. The zero-order valence-electron chi connectivity index (χ0n) is 18.0. The van der Waals surface area contributed by atoms with Crippen LogP contribution in [-0.4, -0.2) is 24.6 Å². The van der Waals surface area contributed by atoms with Crippen molar-refractivity contribution < 1.29 is 4.74 Å². The van der Waals surface area contributed by atoms with E-state index >= 15 is 0 Å². The van der Waals surface area contributed by atoms with Gasteiger partial charge in [-0.15, -0.1) is 0 Å². The molecule has 0 aromatic heterocycles. The van der Waals surface area contributed by atoms with Crippen molar-refractivity contribution in [1.29, 1.82) is 0 Å². The van der Waals surface area contributed by atoms with Crippen LogP contribution in [0, 0.1) is 41.5 Å². The molecule has 0 saturated carbocycles. The summed E-state index contributed by atoms with van der Waals surface area (Å²) >= 11 is 0. The van der Waals surface area contributed by atoms with Crippen molar-refractivity contribution in [3.05, 3.63) is 57.6 Å². The summed E-state index contributed by atoms with van der Waals surface area (Å²) in [7, 11) is 0. The molecule has 2 atom stereocenters. The Hall–Kier alpha value is -2.26. The van der Waals surface area contributed by atoms with Gasteiger partial charge in [-0.25, -0.2) is 0 Å². The van der Waals surface area contributed by atoms with Gasteiger partial charge in [0.2, 0.25) is 0 Å². The van der Waals surface area contributed by atoms with Crippen molar-refractivity contribution >= 4 is 23.8 Å². The molecular weight excluding hydrogens is 344 g/mol. The van der Waals surface area contributed by atoms with E-state index in [0.717, 1.165) is 30.6 Å². The van der Waals surface area contributed by atoms with Gasteiger partial charge in [0.15, 0.2) is 0 Å². The maximum Gasteiger partial charge on any atom is 0.0935 e. The van der Waals surface area contributed by atoms with Gasteiger partial charge in [-0.05, 0) is 83.1 Å². The zero-order chi connectivity index (χ0) is 20.3. The van der Waals surface area contributed by atoms with E-state index in [1.54, 1.807) is 0 Å². The number of rotatable bonds is 4. The quantitative estimate of drug-likeness (QED) is 0.555. The molecule has 0 spiro atoms. The molecule has 1 heterocycles. The molecule has 1 fully saturated rings. The standard InChI is InChI=1S/C25H32N2O/c1-16-10-18(3)24(19(4)11-16)26-14-22-8-7-9-23(28-22)15-27-25-20(5)12-17(2)13-21(25)6/h10-15,22-23H,7-9H2,1-6H3. The summed E-state index contributed by atoms with van der Waals surface area (Å²) in [5.74, 6) is 0. The zero-order valence-corrected chi connectivity index (χ0v) is 18.0. The predicted molar refractivity (Wildman–Crippen MR) is 120 cm³/mol. The Bertz CT molecular complexity index is 791. The predicted octanol–water partition coefficient (Wildman–Crippen LogP) is 6.58. The lowest BCUT2D eigenvalue weighted by molar-refractivity contribution is 0.0290. The van der Waals surface area contributed by atoms with E-state index < -0.39 is 0 Å². The smallest absolute Gasteiger partial charge is 0.0935 e. The number of aliphatic imine (C=N–C) groups is 2. The molecule has 0 aliphatic carbocycles. The SMILES string of the molecule is Cc1cc(C)c(N=CC2CCCC(C=Nc3c(C)cc(C)cc3C)O2)c(C)c1. The fourth-order valence-electron chi connectivity index (χ4n) is 4.17. The number of aryl methyl sites for hydroxylation is 6. The Balaban J connectivity index is 1.70. The van der Waals surface area contributed by atoms with Crippen molar-refractivity contribution in [1.82, 2.24) is 0 Å². The molecule has 2 unspecified atom stereocenters. The van der Waals surface area contributed by atoms with Crippen LogP contribution < -0.4 is 0 Å². The summed E-state index contributed by atoms with van der Waals surface area (Å²) in [6, 6.07) is 8.73. The number of nitrogens with zero attached hydrogens (tertiary/aromatic N) is 2. The van der Waals surface area contributed by atoms with Crippen LogP contribution >= 0.6 is 0 Å². The fraction of sp³-hybridized carbons (Fsp3) is 0.440. The lowest BCUT2D eigenvalue weighted by Crippen LogP contribution is -2.29. The van der Waals surface area contributed by atoms with E-state index in [-0.39, 0.29) is 12.2 Å².